The van der Waals surface area contributed by atoms with Crippen LogP contribution in [-0.4, -0.2) is 29.7 Å². The van der Waals surface area contributed by atoms with E-state index in [4.69, 9.17) is 18.3 Å². The molecule has 2 atom stereocenters. The molecule has 0 aliphatic carbocycles. The molecular weight excluding hydrogens is 472 g/mol. The first-order valence-corrected chi connectivity index (χ1v) is 18.2. The van der Waals surface area contributed by atoms with Crippen LogP contribution in [0.25, 0.3) is 0 Å². The van der Waals surface area contributed by atoms with Gasteiger partial charge in [-0.2, -0.15) is 0 Å². The van der Waals surface area contributed by atoms with Crippen LogP contribution in [0.3, 0.4) is 0 Å². The van der Waals surface area contributed by atoms with E-state index in [1.165, 1.54) is 7.11 Å². The Bertz CT molecular complexity index is 1080. The highest BCUT2D eigenvalue weighted by molar-refractivity contribution is 6.75. The van der Waals surface area contributed by atoms with E-state index in [-0.39, 0.29) is 16.0 Å². The van der Waals surface area contributed by atoms with Crippen molar-refractivity contribution >= 4 is 22.6 Å². The van der Waals surface area contributed by atoms with Gasteiger partial charge in [-0.3, -0.25) is 4.79 Å². The van der Waals surface area contributed by atoms with Gasteiger partial charge in [-0.25, -0.2) is 0 Å². The molecule has 0 aromatic heterocycles. The van der Waals surface area contributed by atoms with Crippen LogP contribution >= 0.6 is 0 Å². The fourth-order valence-electron chi connectivity index (χ4n) is 3.57. The van der Waals surface area contributed by atoms with Crippen LogP contribution in [-0.2, 0) is 9.53 Å². The highest BCUT2D eigenvalue weighted by Gasteiger charge is 2.44. The van der Waals surface area contributed by atoms with E-state index in [0.29, 0.717) is 5.75 Å². The molecule has 0 bridgehead atoms. The number of methoxy groups -OCH3 is 1. The van der Waals surface area contributed by atoms with Crippen molar-refractivity contribution in [2.45, 2.75) is 89.8 Å². The van der Waals surface area contributed by atoms with Crippen molar-refractivity contribution in [2.75, 3.05) is 7.11 Å². The number of fused-ring (bicyclic) bond motifs is 1. The smallest absolute Gasteiger partial charge is 0.317 e. The summed E-state index contributed by atoms with van der Waals surface area (Å²) in [4.78, 5) is 12.8. The number of rotatable bonds is 6. The van der Waals surface area contributed by atoms with Gasteiger partial charge >= 0.3 is 5.97 Å². The summed E-state index contributed by atoms with van der Waals surface area (Å²) in [6.45, 7) is 22.3. The molecule has 1 aliphatic rings. The number of hydrogen-bond donors (Lipinski definition) is 0. The summed E-state index contributed by atoms with van der Waals surface area (Å²) >= 11 is 0. The maximum Gasteiger partial charge on any atom is 0.317 e. The van der Waals surface area contributed by atoms with E-state index in [1.807, 2.05) is 42.5 Å². The summed E-state index contributed by atoms with van der Waals surface area (Å²) < 4.78 is 25.0. The highest BCUT2D eigenvalue weighted by atomic mass is 28.4. The second-order valence-electron chi connectivity index (χ2n) is 12.5. The molecule has 7 heteroatoms. The molecule has 35 heavy (non-hydrogen) atoms. The van der Waals surface area contributed by atoms with Gasteiger partial charge in [0, 0.05) is 5.56 Å². The van der Waals surface area contributed by atoms with Crippen molar-refractivity contribution in [3.8, 4) is 17.2 Å². The molecule has 0 saturated carbocycles. The lowest BCUT2D eigenvalue weighted by atomic mass is 9.91. The first-order chi connectivity index (χ1) is 16.0. The van der Waals surface area contributed by atoms with Crippen LogP contribution in [0.5, 0.6) is 17.2 Å². The molecule has 0 fully saturated rings. The molecule has 0 N–H and O–H groups in total. The maximum absolute atomic E-state index is 12.8. The molecule has 0 unspecified atom stereocenters. The summed E-state index contributed by atoms with van der Waals surface area (Å²) in [6.07, 6.45) is -0.497. The quantitative estimate of drug-likeness (QED) is 0.290. The number of hydrogen-bond acceptors (Lipinski definition) is 5. The Hall–Kier alpha value is -2.26. The van der Waals surface area contributed by atoms with Crippen molar-refractivity contribution < 1.29 is 23.1 Å². The lowest BCUT2D eigenvalue weighted by Crippen LogP contribution is -2.45. The maximum atomic E-state index is 12.8. The second-order valence-corrected chi connectivity index (χ2v) is 22.0. The third-order valence-electron chi connectivity index (χ3n) is 7.90. The summed E-state index contributed by atoms with van der Waals surface area (Å²) in [5, 5.41) is 0.0675. The standard InChI is InChI=1S/C28H42O5Si2/c1-27(2,3)34(8,9)32-22-17-16-19(18-23(22)33-35(10,11)28(4,5)6)25-24(26(29)30-7)20-14-12-13-15-21(20)31-25/h12-18,24-25H,1-11H3/t24-,25-/m1/s1. The molecule has 0 radical (unpaired) electrons. The van der Waals surface area contributed by atoms with Crippen molar-refractivity contribution in [3.05, 3.63) is 53.6 Å². The Morgan fingerprint density at radius 3 is 1.91 bits per heavy atom. The summed E-state index contributed by atoms with van der Waals surface area (Å²) in [5.41, 5.74) is 1.71. The Morgan fingerprint density at radius 1 is 0.829 bits per heavy atom. The van der Waals surface area contributed by atoms with Gasteiger partial charge in [-0.15, -0.1) is 0 Å². The molecule has 1 aliphatic heterocycles. The van der Waals surface area contributed by atoms with E-state index < -0.39 is 28.7 Å². The predicted molar refractivity (Wildman–Crippen MR) is 147 cm³/mol. The minimum absolute atomic E-state index is 0.0197. The van der Waals surface area contributed by atoms with Gasteiger partial charge in [0.25, 0.3) is 16.6 Å². The SMILES string of the molecule is COC(=O)[C@@H]1c2ccccc2O[C@@H]1c1ccc(O[Si](C)(C)C(C)(C)C)c(O[Si](C)(C)C(C)(C)C)c1. The third kappa shape index (κ3) is 5.46. The minimum atomic E-state index is -2.17. The van der Waals surface area contributed by atoms with Crippen molar-refractivity contribution in [2.24, 2.45) is 0 Å². The summed E-state index contributed by atoms with van der Waals surface area (Å²) in [5.74, 6) is 1.34. The van der Waals surface area contributed by atoms with Crippen LogP contribution < -0.4 is 13.6 Å². The molecule has 2 aromatic carbocycles. The zero-order valence-corrected chi connectivity index (χ0v) is 25.2. The second kappa shape index (κ2) is 9.32. The van der Waals surface area contributed by atoms with Crippen LogP contribution in [0, 0.1) is 0 Å². The van der Waals surface area contributed by atoms with E-state index in [9.17, 15) is 4.79 Å². The van der Waals surface area contributed by atoms with Gasteiger partial charge in [0.05, 0.1) is 7.11 Å². The monoisotopic (exact) mass is 514 g/mol. The average Bonchev–Trinajstić information content (AvgIpc) is 3.12. The van der Waals surface area contributed by atoms with E-state index >= 15 is 0 Å². The number of ether oxygens (including phenoxy) is 2. The molecule has 0 amide bonds. The van der Waals surface area contributed by atoms with E-state index in [0.717, 1.165) is 22.6 Å². The number of carbonyl (C=O) groups excluding carboxylic acids is 1. The van der Waals surface area contributed by atoms with Crippen LogP contribution in [0.1, 0.15) is 64.7 Å². The Labute approximate surface area is 213 Å². The van der Waals surface area contributed by atoms with Crippen LogP contribution in [0.15, 0.2) is 42.5 Å². The summed E-state index contributed by atoms with van der Waals surface area (Å²) in [6, 6.07) is 13.6. The number of benzene rings is 2. The average molecular weight is 515 g/mol. The zero-order chi connectivity index (χ0) is 26.4. The zero-order valence-electron chi connectivity index (χ0n) is 23.2. The normalized spacial score (nSPS) is 18.5. The Morgan fingerprint density at radius 2 is 1.37 bits per heavy atom. The topological polar surface area (TPSA) is 54.0 Å². The Kier molecular flexibility index (Phi) is 7.28. The molecule has 0 saturated heterocycles. The van der Waals surface area contributed by atoms with Gasteiger partial charge in [-0.05, 0) is 60.0 Å². The predicted octanol–water partition coefficient (Wildman–Crippen LogP) is 7.84. The fraction of sp³-hybridized carbons (Fsp3) is 0.536. The molecule has 2 aromatic rings. The molecule has 1 heterocycles. The van der Waals surface area contributed by atoms with E-state index in [2.05, 4.69) is 67.7 Å². The van der Waals surface area contributed by atoms with Gasteiger partial charge < -0.3 is 18.3 Å². The van der Waals surface area contributed by atoms with Crippen molar-refractivity contribution in [1.29, 1.82) is 0 Å². The minimum Gasteiger partial charge on any atom is -0.541 e. The molecule has 3 rings (SSSR count). The first-order valence-electron chi connectivity index (χ1n) is 12.3. The molecular formula is C28H42O5Si2. The lowest BCUT2D eigenvalue weighted by molar-refractivity contribution is -0.144. The Balaban J connectivity index is 2.10. The van der Waals surface area contributed by atoms with Crippen LogP contribution in [0.2, 0.25) is 36.3 Å². The highest BCUT2D eigenvalue weighted by Crippen LogP contribution is 2.49. The third-order valence-corrected chi connectivity index (χ3v) is 16.6. The molecule has 0 spiro atoms. The van der Waals surface area contributed by atoms with Gasteiger partial charge in [0.2, 0.25) is 0 Å². The lowest BCUT2D eigenvalue weighted by Gasteiger charge is -2.40. The largest absolute Gasteiger partial charge is 0.541 e. The summed E-state index contributed by atoms with van der Waals surface area (Å²) in [7, 11) is -2.85. The van der Waals surface area contributed by atoms with Gasteiger partial charge in [-0.1, -0.05) is 65.8 Å². The first kappa shape index (κ1) is 27.3. The number of esters is 1. The van der Waals surface area contributed by atoms with E-state index in [1.54, 1.807) is 0 Å². The molecule has 5 nitrogen and oxygen atoms in total. The fourth-order valence-corrected chi connectivity index (χ4v) is 5.61. The van der Waals surface area contributed by atoms with Crippen molar-refractivity contribution in [1.82, 2.24) is 0 Å². The number of para-hydroxylation sites is 1. The molecule has 192 valence electrons. The van der Waals surface area contributed by atoms with Crippen LogP contribution in [0.4, 0.5) is 0 Å². The van der Waals surface area contributed by atoms with Crippen molar-refractivity contribution in [3.63, 3.8) is 0 Å². The number of carbonyl (C=O) groups is 1. The van der Waals surface area contributed by atoms with Gasteiger partial charge in [0.15, 0.2) is 0 Å². The van der Waals surface area contributed by atoms with Gasteiger partial charge in [0.1, 0.15) is 29.3 Å².